The fourth-order valence-corrected chi connectivity index (χ4v) is 4.64. The van der Waals surface area contributed by atoms with Crippen LogP contribution in [0.4, 0.5) is 0 Å². The molecule has 0 N–H and O–H groups in total. The molecule has 156 valence electrons. The summed E-state index contributed by atoms with van der Waals surface area (Å²) in [6, 6.07) is 16.6. The minimum absolute atomic E-state index is 0.100. The zero-order chi connectivity index (χ0) is 21.8. The van der Waals surface area contributed by atoms with E-state index in [1.54, 1.807) is 29.4 Å². The molecule has 8 heteroatoms. The van der Waals surface area contributed by atoms with Gasteiger partial charge in [0.25, 0.3) is 5.91 Å². The summed E-state index contributed by atoms with van der Waals surface area (Å²) in [6.07, 6.45) is 5.27. The Morgan fingerprint density at radius 2 is 1.94 bits per heavy atom. The van der Waals surface area contributed by atoms with E-state index in [-0.39, 0.29) is 5.91 Å². The lowest BCUT2D eigenvalue weighted by Crippen LogP contribution is -2.27. The zero-order valence-corrected chi connectivity index (χ0v) is 19.3. The van der Waals surface area contributed by atoms with Crippen LogP contribution in [-0.2, 0) is 17.9 Å². The van der Waals surface area contributed by atoms with Gasteiger partial charge in [-0.1, -0.05) is 71.4 Å². The third kappa shape index (κ3) is 5.46. The number of amides is 1. The molecule has 1 aliphatic heterocycles. The zero-order valence-electron chi connectivity index (χ0n) is 16.1. The molecule has 0 radical (unpaired) electrons. The summed E-state index contributed by atoms with van der Waals surface area (Å²) in [6.45, 7) is 0.748. The molecule has 1 amide bonds. The van der Waals surface area contributed by atoms with Crippen molar-refractivity contribution in [3.05, 3.63) is 98.6 Å². The Kier molecular flexibility index (Phi) is 6.92. The molecule has 1 fully saturated rings. The number of aromatic nitrogens is 1. The predicted octanol–water partition coefficient (Wildman–Crippen LogP) is 6.37. The van der Waals surface area contributed by atoms with E-state index < -0.39 is 0 Å². The van der Waals surface area contributed by atoms with Crippen molar-refractivity contribution in [2.75, 3.05) is 0 Å². The quantitative estimate of drug-likeness (QED) is 0.299. The van der Waals surface area contributed by atoms with Gasteiger partial charge < -0.3 is 4.74 Å². The van der Waals surface area contributed by atoms with Gasteiger partial charge in [-0.3, -0.25) is 14.7 Å². The van der Waals surface area contributed by atoms with Crippen molar-refractivity contribution >= 4 is 63.5 Å². The van der Waals surface area contributed by atoms with Gasteiger partial charge in [-0.05, 0) is 47.5 Å². The van der Waals surface area contributed by atoms with Crippen molar-refractivity contribution in [2.24, 2.45) is 0 Å². The third-order valence-corrected chi connectivity index (χ3v) is 6.49. The lowest BCUT2D eigenvalue weighted by atomic mass is 10.2. The largest absolute Gasteiger partial charge is 0.489 e. The number of thioether (sulfide) groups is 1. The van der Waals surface area contributed by atoms with E-state index in [9.17, 15) is 4.79 Å². The van der Waals surface area contributed by atoms with Crippen LogP contribution in [0.5, 0.6) is 5.75 Å². The second-order valence-electron chi connectivity index (χ2n) is 6.72. The van der Waals surface area contributed by atoms with Gasteiger partial charge in [0.2, 0.25) is 0 Å². The van der Waals surface area contributed by atoms with Gasteiger partial charge in [0.1, 0.15) is 16.7 Å². The number of halogens is 2. The minimum atomic E-state index is -0.100. The van der Waals surface area contributed by atoms with Crippen LogP contribution < -0.4 is 4.74 Å². The molecule has 4 nitrogen and oxygen atoms in total. The lowest BCUT2D eigenvalue weighted by molar-refractivity contribution is -0.122. The molecule has 31 heavy (non-hydrogen) atoms. The average molecular weight is 487 g/mol. The summed E-state index contributed by atoms with van der Waals surface area (Å²) in [7, 11) is 0. The number of thiocarbonyl (C=S) groups is 1. The van der Waals surface area contributed by atoms with E-state index in [1.807, 2.05) is 48.5 Å². The minimum Gasteiger partial charge on any atom is -0.489 e. The second-order valence-corrected chi connectivity index (χ2v) is 9.24. The van der Waals surface area contributed by atoms with E-state index in [2.05, 4.69) is 4.98 Å². The summed E-state index contributed by atoms with van der Waals surface area (Å²) in [5, 5.41) is 1.15. The Hall–Kier alpha value is -2.38. The van der Waals surface area contributed by atoms with Crippen molar-refractivity contribution in [1.82, 2.24) is 9.88 Å². The highest BCUT2D eigenvalue weighted by atomic mass is 35.5. The molecule has 0 aliphatic carbocycles. The highest BCUT2D eigenvalue weighted by molar-refractivity contribution is 8.26. The van der Waals surface area contributed by atoms with Crippen molar-refractivity contribution in [3.8, 4) is 5.75 Å². The fourth-order valence-electron chi connectivity index (χ4n) is 2.92. The molecule has 1 aromatic heterocycles. The first-order valence-corrected chi connectivity index (χ1v) is 11.3. The van der Waals surface area contributed by atoms with Crippen molar-refractivity contribution in [1.29, 1.82) is 0 Å². The van der Waals surface area contributed by atoms with Crippen molar-refractivity contribution in [2.45, 2.75) is 13.2 Å². The van der Waals surface area contributed by atoms with Crippen LogP contribution in [0.3, 0.4) is 0 Å². The van der Waals surface area contributed by atoms with Gasteiger partial charge in [-0.25, -0.2) is 0 Å². The Morgan fingerprint density at radius 3 is 2.65 bits per heavy atom. The summed E-state index contributed by atoms with van der Waals surface area (Å²) in [5.74, 6) is 0.601. The number of pyridine rings is 1. The van der Waals surface area contributed by atoms with E-state index in [4.69, 9.17) is 40.2 Å². The van der Waals surface area contributed by atoms with Crippen molar-refractivity contribution in [3.63, 3.8) is 0 Å². The van der Waals surface area contributed by atoms with E-state index in [0.717, 1.165) is 16.7 Å². The first-order valence-electron chi connectivity index (χ1n) is 9.30. The molecule has 0 spiro atoms. The number of ether oxygens (including phenoxy) is 1. The number of hydrogen-bond donors (Lipinski definition) is 0. The molecule has 3 aromatic rings. The number of nitrogens with zero attached hydrogens (tertiary/aromatic N) is 2. The van der Waals surface area contributed by atoms with Gasteiger partial charge >= 0.3 is 0 Å². The number of carbonyl (C=O) groups is 1. The topological polar surface area (TPSA) is 42.4 Å². The molecule has 0 unspecified atom stereocenters. The van der Waals surface area contributed by atoms with Crippen LogP contribution in [0.1, 0.15) is 16.7 Å². The van der Waals surface area contributed by atoms with Crippen LogP contribution in [0.25, 0.3) is 6.08 Å². The number of hydrogen-bond acceptors (Lipinski definition) is 5. The van der Waals surface area contributed by atoms with Gasteiger partial charge in [-0.2, -0.15) is 0 Å². The van der Waals surface area contributed by atoms with Gasteiger partial charge in [0.15, 0.2) is 0 Å². The molecule has 4 rings (SSSR count). The van der Waals surface area contributed by atoms with E-state index >= 15 is 0 Å². The number of rotatable bonds is 6. The monoisotopic (exact) mass is 486 g/mol. The Labute approximate surface area is 199 Å². The third-order valence-electron chi connectivity index (χ3n) is 4.52. The second kappa shape index (κ2) is 9.83. The van der Waals surface area contributed by atoms with Gasteiger partial charge in [-0.15, -0.1) is 0 Å². The standard InChI is InChI=1S/C23H16Cl2N2O2S2/c24-18-6-5-17(20(25)11-18)14-29-19-7-3-15(4-8-19)10-21-22(28)27(23(30)31-21)13-16-2-1-9-26-12-16/h1-12H,13-14H2/b21-10-. The number of carbonyl (C=O) groups excluding carboxylic acids is 1. The van der Waals surface area contributed by atoms with E-state index in [1.165, 1.54) is 11.8 Å². The summed E-state index contributed by atoms with van der Waals surface area (Å²) in [5.41, 5.74) is 2.67. The Bertz CT molecular complexity index is 1150. The molecule has 1 saturated heterocycles. The van der Waals surface area contributed by atoms with Crippen molar-refractivity contribution < 1.29 is 9.53 Å². The molecule has 2 aromatic carbocycles. The average Bonchev–Trinajstić information content (AvgIpc) is 3.02. The molecule has 2 heterocycles. The maximum absolute atomic E-state index is 12.8. The van der Waals surface area contributed by atoms with Crippen LogP contribution in [0.15, 0.2) is 71.9 Å². The Balaban J connectivity index is 1.41. The van der Waals surface area contributed by atoms with Gasteiger partial charge in [0, 0.05) is 28.0 Å². The highest BCUT2D eigenvalue weighted by Crippen LogP contribution is 2.33. The number of benzene rings is 2. The molecule has 0 atom stereocenters. The smallest absolute Gasteiger partial charge is 0.266 e. The summed E-state index contributed by atoms with van der Waals surface area (Å²) < 4.78 is 6.35. The highest BCUT2D eigenvalue weighted by Gasteiger charge is 2.31. The first kappa shape index (κ1) is 21.8. The fraction of sp³-hybridized carbons (Fsp3) is 0.0870. The molecular formula is C23H16Cl2N2O2S2. The normalized spacial score (nSPS) is 15.0. The van der Waals surface area contributed by atoms with Crippen LogP contribution in [0.2, 0.25) is 10.0 Å². The molecule has 0 bridgehead atoms. The maximum atomic E-state index is 12.8. The lowest BCUT2D eigenvalue weighted by Gasteiger charge is -2.13. The van der Waals surface area contributed by atoms with Crippen LogP contribution in [0, 0.1) is 0 Å². The molecule has 1 aliphatic rings. The van der Waals surface area contributed by atoms with E-state index in [0.29, 0.717) is 38.2 Å². The Morgan fingerprint density at radius 1 is 1.13 bits per heavy atom. The van der Waals surface area contributed by atoms with Crippen LogP contribution >= 0.6 is 47.2 Å². The van der Waals surface area contributed by atoms with Crippen LogP contribution in [-0.4, -0.2) is 20.1 Å². The van der Waals surface area contributed by atoms with Gasteiger partial charge in [0.05, 0.1) is 11.4 Å². The molecular weight excluding hydrogens is 471 g/mol. The molecule has 0 saturated carbocycles. The predicted molar refractivity (Wildman–Crippen MR) is 130 cm³/mol. The first-order chi connectivity index (χ1) is 15.0. The SMILES string of the molecule is O=C1/C(=C/c2ccc(OCc3ccc(Cl)cc3Cl)cc2)SC(=S)N1Cc1cccnc1. The summed E-state index contributed by atoms with van der Waals surface area (Å²) >= 11 is 18.8. The maximum Gasteiger partial charge on any atom is 0.266 e. The summed E-state index contributed by atoms with van der Waals surface area (Å²) in [4.78, 5) is 19.1.